The number of hydrogen-bond donors (Lipinski definition) is 1. The van der Waals surface area contributed by atoms with Crippen molar-refractivity contribution in [2.24, 2.45) is 0 Å². The molecule has 2 nitrogen and oxygen atoms in total. The zero-order chi connectivity index (χ0) is 15.8. The van der Waals surface area contributed by atoms with Crippen LogP contribution in [-0.2, 0) is 17.1 Å². The van der Waals surface area contributed by atoms with Gasteiger partial charge in [-0.15, -0.1) is 0 Å². The SMILES string of the molecule is Cc1ccc([O-])c(C(O)=CC=C2C=CC=C2)c1.[Fe+2].c1cc[cH-]c1. The summed E-state index contributed by atoms with van der Waals surface area (Å²) in [4.78, 5) is 0. The number of aliphatic hydroxyl groups is 1. The van der Waals surface area contributed by atoms with Gasteiger partial charge in [-0.05, 0) is 24.6 Å². The molecule has 2 aromatic carbocycles. The predicted molar refractivity (Wildman–Crippen MR) is 89.6 cm³/mol. The first-order chi connectivity index (χ1) is 10.7. The van der Waals surface area contributed by atoms with Gasteiger partial charge in [0.05, 0.1) is 0 Å². The zero-order valence-electron chi connectivity index (χ0n) is 12.8. The second-order valence-electron chi connectivity index (χ2n) is 4.90. The van der Waals surface area contributed by atoms with Crippen molar-refractivity contribution in [2.45, 2.75) is 6.92 Å². The maximum absolute atomic E-state index is 11.6. The average Bonchev–Trinajstić information content (AvgIpc) is 3.23. The molecular formula is C20H18FeO2. The maximum Gasteiger partial charge on any atom is 2.00 e. The summed E-state index contributed by atoms with van der Waals surface area (Å²) in [7, 11) is 0. The molecule has 0 amide bonds. The summed E-state index contributed by atoms with van der Waals surface area (Å²) in [6, 6.07) is 14.9. The third-order valence-electron chi connectivity index (χ3n) is 3.09. The number of allylic oxidation sites excluding steroid dienone is 7. The van der Waals surface area contributed by atoms with E-state index in [-0.39, 0.29) is 28.6 Å². The van der Waals surface area contributed by atoms with Crippen molar-refractivity contribution < 1.29 is 27.3 Å². The van der Waals surface area contributed by atoms with Crippen LogP contribution >= 0.6 is 0 Å². The Hall–Kier alpha value is -2.35. The normalized spacial score (nSPS) is 12.4. The van der Waals surface area contributed by atoms with Crippen LogP contribution in [0.4, 0.5) is 0 Å². The van der Waals surface area contributed by atoms with Gasteiger partial charge in [-0.2, -0.15) is 18.2 Å². The quantitative estimate of drug-likeness (QED) is 0.497. The summed E-state index contributed by atoms with van der Waals surface area (Å²) in [6.45, 7) is 1.89. The minimum atomic E-state index is -0.166. The monoisotopic (exact) mass is 346 g/mol. The van der Waals surface area contributed by atoms with E-state index < -0.39 is 0 Å². The van der Waals surface area contributed by atoms with Gasteiger partial charge in [0.1, 0.15) is 5.76 Å². The number of hydrogen-bond acceptors (Lipinski definition) is 2. The molecule has 1 aliphatic rings. The van der Waals surface area contributed by atoms with E-state index >= 15 is 0 Å². The Morgan fingerprint density at radius 1 is 1.13 bits per heavy atom. The molecule has 0 atom stereocenters. The van der Waals surface area contributed by atoms with Gasteiger partial charge in [0.15, 0.2) is 0 Å². The van der Waals surface area contributed by atoms with Crippen LogP contribution in [0.3, 0.4) is 0 Å². The van der Waals surface area contributed by atoms with Crippen LogP contribution in [-0.4, -0.2) is 5.11 Å². The molecule has 3 heteroatoms. The molecule has 0 bridgehead atoms. The van der Waals surface area contributed by atoms with E-state index in [4.69, 9.17) is 0 Å². The Morgan fingerprint density at radius 2 is 1.78 bits per heavy atom. The van der Waals surface area contributed by atoms with Crippen molar-refractivity contribution in [1.82, 2.24) is 0 Å². The van der Waals surface area contributed by atoms with Crippen LogP contribution < -0.4 is 5.11 Å². The summed E-state index contributed by atoms with van der Waals surface area (Å²) < 4.78 is 0. The standard InChI is InChI=1S/C15H14O2.C5H5.Fe/c1-11-6-8-14(16)13(10-11)15(17)9-7-12-4-2-3-5-12;1-2-4-5-3-1;/h2-10,16-17H,1H3;1-5H;/q;-1;+2/p-1. The number of aliphatic hydroxyl groups excluding tert-OH is 1. The van der Waals surface area contributed by atoms with E-state index in [1.165, 1.54) is 6.07 Å². The third kappa shape index (κ3) is 6.11. The second-order valence-corrected chi connectivity index (χ2v) is 4.90. The van der Waals surface area contributed by atoms with E-state index in [1.54, 1.807) is 24.3 Å². The fraction of sp³-hybridized carbons (Fsp3) is 0.0500. The van der Waals surface area contributed by atoms with Crippen molar-refractivity contribution in [3.05, 3.63) is 102 Å². The first-order valence-electron chi connectivity index (χ1n) is 7.07. The Balaban J connectivity index is 0.000000377. The summed E-state index contributed by atoms with van der Waals surface area (Å²) >= 11 is 0. The van der Waals surface area contributed by atoms with Crippen LogP contribution in [0.15, 0.2) is 90.6 Å². The molecule has 0 fully saturated rings. The Labute approximate surface area is 147 Å². The van der Waals surface area contributed by atoms with E-state index in [9.17, 15) is 10.2 Å². The van der Waals surface area contributed by atoms with Crippen LogP contribution in [0.2, 0.25) is 0 Å². The molecule has 0 spiro atoms. The number of rotatable bonds is 2. The summed E-state index contributed by atoms with van der Waals surface area (Å²) in [6.07, 6.45) is 11.0. The molecule has 1 N–H and O–H groups in total. The van der Waals surface area contributed by atoms with Gasteiger partial charge in [0.2, 0.25) is 0 Å². The average molecular weight is 346 g/mol. The molecule has 2 aromatic rings. The molecule has 0 heterocycles. The number of aryl methyl sites for hydroxylation is 1. The minimum Gasteiger partial charge on any atom is -0.872 e. The second kappa shape index (κ2) is 9.62. The van der Waals surface area contributed by atoms with Crippen molar-refractivity contribution in [3.63, 3.8) is 0 Å². The molecular weight excluding hydrogens is 328 g/mol. The van der Waals surface area contributed by atoms with Crippen molar-refractivity contribution >= 4 is 5.76 Å². The summed E-state index contributed by atoms with van der Waals surface area (Å²) in [5.74, 6) is -0.167. The Morgan fingerprint density at radius 3 is 2.35 bits per heavy atom. The molecule has 0 saturated heterocycles. The van der Waals surface area contributed by atoms with Gasteiger partial charge in [-0.25, -0.2) is 12.1 Å². The van der Waals surface area contributed by atoms with Crippen LogP contribution in [0.1, 0.15) is 11.1 Å². The Kier molecular flexibility index (Phi) is 7.82. The smallest absolute Gasteiger partial charge is 0.872 e. The molecule has 23 heavy (non-hydrogen) atoms. The largest absolute Gasteiger partial charge is 2.00 e. The molecule has 1 aliphatic carbocycles. The van der Waals surface area contributed by atoms with Gasteiger partial charge in [0, 0.05) is 5.56 Å². The van der Waals surface area contributed by atoms with Crippen LogP contribution in [0, 0.1) is 6.92 Å². The first-order valence-corrected chi connectivity index (χ1v) is 7.07. The summed E-state index contributed by atoms with van der Waals surface area (Å²) in [5.41, 5.74) is 2.29. The minimum absolute atomic E-state index is 0. The number of benzene rings is 1. The van der Waals surface area contributed by atoms with E-state index in [0.717, 1.165) is 11.1 Å². The molecule has 0 saturated carbocycles. The molecule has 3 rings (SSSR count). The van der Waals surface area contributed by atoms with Crippen molar-refractivity contribution in [2.75, 3.05) is 0 Å². The van der Waals surface area contributed by atoms with Gasteiger partial charge in [-0.1, -0.05) is 53.8 Å². The van der Waals surface area contributed by atoms with Gasteiger partial charge >= 0.3 is 17.1 Å². The zero-order valence-corrected chi connectivity index (χ0v) is 13.9. The van der Waals surface area contributed by atoms with Crippen LogP contribution in [0.5, 0.6) is 5.75 Å². The predicted octanol–water partition coefficient (Wildman–Crippen LogP) is 4.42. The first kappa shape index (κ1) is 18.7. The van der Waals surface area contributed by atoms with E-state index in [0.29, 0.717) is 5.56 Å². The topological polar surface area (TPSA) is 43.3 Å². The van der Waals surface area contributed by atoms with Gasteiger partial charge < -0.3 is 10.2 Å². The summed E-state index contributed by atoms with van der Waals surface area (Å²) in [5, 5.41) is 21.4. The maximum atomic E-state index is 11.6. The van der Waals surface area contributed by atoms with Crippen molar-refractivity contribution in [3.8, 4) is 5.75 Å². The van der Waals surface area contributed by atoms with Crippen LogP contribution in [0.25, 0.3) is 5.76 Å². The fourth-order valence-electron chi connectivity index (χ4n) is 1.93. The van der Waals surface area contributed by atoms with Gasteiger partial charge in [-0.3, -0.25) is 0 Å². The third-order valence-corrected chi connectivity index (χ3v) is 3.09. The van der Waals surface area contributed by atoms with Gasteiger partial charge in [0.25, 0.3) is 0 Å². The fourth-order valence-corrected chi connectivity index (χ4v) is 1.93. The molecule has 0 unspecified atom stereocenters. The van der Waals surface area contributed by atoms with Crippen molar-refractivity contribution in [1.29, 1.82) is 0 Å². The van der Waals surface area contributed by atoms with E-state index in [1.807, 2.05) is 61.6 Å². The van der Waals surface area contributed by atoms with E-state index in [2.05, 4.69) is 0 Å². The molecule has 118 valence electrons. The molecule has 0 radical (unpaired) electrons. The Bertz CT molecular complexity index is 689. The molecule has 0 aromatic heterocycles. The molecule has 0 aliphatic heterocycles.